The molecular weight excluding hydrogens is 190 g/mol. The van der Waals surface area contributed by atoms with Crippen molar-refractivity contribution < 1.29 is 4.79 Å². The molecule has 1 fully saturated rings. The molecule has 0 aromatic carbocycles. The Kier molecular flexibility index (Phi) is 3.97. The van der Waals surface area contributed by atoms with Gasteiger partial charge in [-0.05, 0) is 40.3 Å². The van der Waals surface area contributed by atoms with Crippen molar-refractivity contribution in [3.63, 3.8) is 0 Å². The summed E-state index contributed by atoms with van der Waals surface area (Å²) >= 11 is 0. The van der Waals surface area contributed by atoms with E-state index in [1.807, 2.05) is 14.0 Å². The summed E-state index contributed by atoms with van der Waals surface area (Å²) < 4.78 is 0. The molecule has 15 heavy (non-hydrogen) atoms. The summed E-state index contributed by atoms with van der Waals surface area (Å²) in [6, 6.07) is 0.0330. The minimum Gasteiger partial charge on any atom is -0.338 e. The molecule has 1 aliphatic rings. The van der Waals surface area contributed by atoms with Gasteiger partial charge < -0.3 is 15.1 Å². The SMILES string of the molecule is CCNC(=O)N(C)CC1(N(C)C)CCC1. The van der Waals surface area contributed by atoms with Gasteiger partial charge in [-0.2, -0.15) is 0 Å². The van der Waals surface area contributed by atoms with Crippen molar-refractivity contribution in [1.29, 1.82) is 0 Å². The zero-order valence-corrected chi connectivity index (χ0v) is 10.3. The fraction of sp³-hybridized carbons (Fsp3) is 0.909. The Hall–Kier alpha value is -0.770. The Bertz CT molecular complexity index is 224. The molecule has 0 aromatic heterocycles. The van der Waals surface area contributed by atoms with E-state index in [4.69, 9.17) is 0 Å². The monoisotopic (exact) mass is 213 g/mol. The molecule has 1 rings (SSSR count). The van der Waals surface area contributed by atoms with Gasteiger partial charge in [-0.1, -0.05) is 0 Å². The number of rotatable bonds is 4. The first kappa shape index (κ1) is 12.3. The molecule has 0 atom stereocenters. The first-order valence-electron chi connectivity index (χ1n) is 5.68. The van der Waals surface area contributed by atoms with Crippen molar-refractivity contribution in [2.24, 2.45) is 0 Å². The second-order valence-electron chi connectivity index (χ2n) is 4.66. The number of nitrogens with one attached hydrogen (secondary N) is 1. The number of nitrogens with zero attached hydrogens (tertiary/aromatic N) is 2. The number of hydrogen-bond acceptors (Lipinski definition) is 2. The van der Waals surface area contributed by atoms with Crippen LogP contribution in [0.15, 0.2) is 0 Å². The van der Waals surface area contributed by atoms with Crippen LogP contribution in [0.25, 0.3) is 0 Å². The fourth-order valence-corrected chi connectivity index (χ4v) is 2.13. The molecule has 0 unspecified atom stereocenters. The van der Waals surface area contributed by atoms with Crippen molar-refractivity contribution in [3.05, 3.63) is 0 Å². The van der Waals surface area contributed by atoms with Gasteiger partial charge in [0.25, 0.3) is 0 Å². The Labute approximate surface area is 92.6 Å². The molecule has 0 spiro atoms. The maximum absolute atomic E-state index is 11.6. The van der Waals surface area contributed by atoms with Gasteiger partial charge in [-0.15, -0.1) is 0 Å². The lowest BCUT2D eigenvalue weighted by molar-refractivity contribution is 0.0364. The van der Waals surface area contributed by atoms with E-state index in [0.717, 1.165) is 6.54 Å². The minimum atomic E-state index is 0.0330. The second kappa shape index (κ2) is 4.84. The highest BCUT2D eigenvalue weighted by molar-refractivity contribution is 5.73. The van der Waals surface area contributed by atoms with E-state index in [1.165, 1.54) is 19.3 Å². The van der Waals surface area contributed by atoms with E-state index in [9.17, 15) is 4.79 Å². The van der Waals surface area contributed by atoms with Gasteiger partial charge in [-0.25, -0.2) is 4.79 Å². The largest absolute Gasteiger partial charge is 0.338 e. The summed E-state index contributed by atoms with van der Waals surface area (Å²) in [5, 5.41) is 2.82. The number of amides is 2. The van der Waals surface area contributed by atoms with Gasteiger partial charge in [-0.3, -0.25) is 0 Å². The lowest BCUT2D eigenvalue weighted by atomic mass is 9.75. The van der Waals surface area contributed by atoms with Crippen LogP contribution >= 0.6 is 0 Å². The topological polar surface area (TPSA) is 35.6 Å². The fourth-order valence-electron chi connectivity index (χ4n) is 2.13. The van der Waals surface area contributed by atoms with Gasteiger partial charge in [0.05, 0.1) is 0 Å². The molecule has 1 N–H and O–H groups in total. The highest BCUT2D eigenvalue weighted by Gasteiger charge is 2.40. The highest BCUT2D eigenvalue weighted by Crippen LogP contribution is 2.36. The van der Waals surface area contributed by atoms with Gasteiger partial charge in [0.15, 0.2) is 0 Å². The van der Waals surface area contributed by atoms with Gasteiger partial charge in [0.2, 0.25) is 0 Å². The highest BCUT2D eigenvalue weighted by atomic mass is 16.2. The molecule has 0 heterocycles. The normalized spacial score (nSPS) is 18.5. The third-order valence-electron chi connectivity index (χ3n) is 3.44. The van der Waals surface area contributed by atoms with Crippen LogP contribution in [0.2, 0.25) is 0 Å². The quantitative estimate of drug-likeness (QED) is 0.760. The van der Waals surface area contributed by atoms with Crippen LogP contribution in [-0.4, -0.2) is 55.6 Å². The van der Waals surface area contributed by atoms with E-state index in [1.54, 1.807) is 4.90 Å². The van der Waals surface area contributed by atoms with Crippen LogP contribution < -0.4 is 5.32 Å². The Balaban J connectivity index is 2.48. The third kappa shape index (κ3) is 2.62. The Morgan fingerprint density at radius 1 is 1.33 bits per heavy atom. The molecule has 88 valence electrons. The number of likely N-dealkylation sites (N-methyl/N-ethyl adjacent to an activating group) is 2. The molecule has 0 saturated heterocycles. The van der Waals surface area contributed by atoms with Crippen LogP contribution in [0, 0.1) is 0 Å². The second-order valence-corrected chi connectivity index (χ2v) is 4.66. The van der Waals surface area contributed by atoms with Crippen LogP contribution in [-0.2, 0) is 0 Å². The van der Waals surface area contributed by atoms with Gasteiger partial charge in [0.1, 0.15) is 0 Å². The van der Waals surface area contributed by atoms with E-state index in [0.29, 0.717) is 6.54 Å². The summed E-state index contributed by atoms with van der Waals surface area (Å²) in [4.78, 5) is 15.6. The molecule has 0 bridgehead atoms. The Morgan fingerprint density at radius 3 is 2.27 bits per heavy atom. The van der Waals surface area contributed by atoms with Gasteiger partial charge >= 0.3 is 6.03 Å². The number of carbonyl (C=O) groups excluding carboxylic acids is 1. The molecule has 1 aliphatic carbocycles. The van der Waals surface area contributed by atoms with Gasteiger partial charge in [0, 0.05) is 25.7 Å². The van der Waals surface area contributed by atoms with E-state index in [2.05, 4.69) is 24.3 Å². The summed E-state index contributed by atoms with van der Waals surface area (Å²) in [7, 11) is 6.07. The lowest BCUT2D eigenvalue weighted by Gasteiger charge is -2.49. The smallest absolute Gasteiger partial charge is 0.317 e. The third-order valence-corrected chi connectivity index (χ3v) is 3.44. The predicted molar refractivity (Wildman–Crippen MR) is 62.0 cm³/mol. The average molecular weight is 213 g/mol. The zero-order valence-electron chi connectivity index (χ0n) is 10.3. The van der Waals surface area contributed by atoms with E-state index in [-0.39, 0.29) is 11.6 Å². The Morgan fingerprint density at radius 2 is 1.93 bits per heavy atom. The van der Waals surface area contributed by atoms with Crippen molar-refractivity contribution in [2.75, 3.05) is 34.2 Å². The van der Waals surface area contributed by atoms with Crippen molar-refractivity contribution in [3.8, 4) is 0 Å². The average Bonchev–Trinajstić information content (AvgIpc) is 2.10. The number of carbonyl (C=O) groups is 1. The first-order valence-corrected chi connectivity index (χ1v) is 5.68. The molecule has 0 radical (unpaired) electrons. The molecular formula is C11H23N3O. The van der Waals surface area contributed by atoms with Crippen molar-refractivity contribution in [1.82, 2.24) is 15.1 Å². The summed E-state index contributed by atoms with van der Waals surface area (Å²) in [5.74, 6) is 0. The summed E-state index contributed by atoms with van der Waals surface area (Å²) in [6.07, 6.45) is 3.68. The van der Waals surface area contributed by atoms with E-state index < -0.39 is 0 Å². The zero-order chi connectivity index (χ0) is 11.5. The summed E-state index contributed by atoms with van der Waals surface area (Å²) in [6.45, 7) is 3.46. The molecule has 0 aliphatic heterocycles. The molecule has 0 aromatic rings. The molecule has 4 nitrogen and oxygen atoms in total. The maximum Gasteiger partial charge on any atom is 0.317 e. The minimum absolute atomic E-state index is 0.0330. The maximum atomic E-state index is 11.6. The molecule has 4 heteroatoms. The molecule has 2 amide bonds. The van der Waals surface area contributed by atoms with Crippen LogP contribution in [0.5, 0.6) is 0 Å². The van der Waals surface area contributed by atoms with Crippen molar-refractivity contribution >= 4 is 6.03 Å². The predicted octanol–water partition coefficient (Wildman–Crippen LogP) is 1.13. The van der Waals surface area contributed by atoms with Crippen LogP contribution in [0.1, 0.15) is 26.2 Å². The van der Waals surface area contributed by atoms with Crippen molar-refractivity contribution in [2.45, 2.75) is 31.7 Å². The number of urea groups is 1. The lowest BCUT2D eigenvalue weighted by Crippen LogP contribution is -2.58. The van der Waals surface area contributed by atoms with E-state index >= 15 is 0 Å². The van der Waals surface area contributed by atoms with Crippen LogP contribution in [0.4, 0.5) is 4.79 Å². The standard InChI is InChI=1S/C11H23N3O/c1-5-12-10(15)14(4)9-11(13(2)3)7-6-8-11/h5-9H2,1-4H3,(H,12,15). The molecule has 1 saturated carbocycles. The van der Waals surface area contributed by atoms with Crippen LogP contribution in [0.3, 0.4) is 0 Å². The number of hydrogen-bond donors (Lipinski definition) is 1. The first-order chi connectivity index (χ1) is 7.02. The summed E-state index contributed by atoms with van der Waals surface area (Å²) in [5.41, 5.74) is 0.222.